The molecule has 6 nitrogen and oxygen atoms in total. The Labute approximate surface area is 125 Å². The minimum Gasteiger partial charge on any atom is -0.489 e. The predicted octanol–water partition coefficient (Wildman–Crippen LogP) is 1.83. The van der Waals surface area contributed by atoms with Gasteiger partial charge in [0.1, 0.15) is 12.4 Å². The van der Waals surface area contributed by atoms with Crippen LogP contribution in [0.4, 0.5) is 11.4 Å². The molecule has 0 fully saturated rings. The molecule has 0 atom stereocenters. The zero-order valence-corrected chi connectivity index (χ0v) is 13.2. The zero-order valence-electron chi connectivity index (χ0n) is 12.4. The van der Waals surface area contributed by atoms with Crippen LogP contribution in [0.5, 0.6) is 5.75 Å². The third-order valence-corrected chi connectivity index (χ3v) is 4.24. The maximum absolute atomic E-state index is 11.8. The summed E-state index contributed by atoms with van der Waals surface area (Å²) >= 11 is 0. The number of sulfonamides is 1. The van der Waals surface area contributed by atoms with Gasteiger partial charge < -0.3 is 10.1 Å². The molecule has 1 aliphatic rings. The van der Waals surface area contributed by atoms with E-state index in [1.807, 2.05) is 13.8 Å². The van der Waals surface area contributed by atoms with Crippen LogP contribution < -0.4 is 14.4 Å². The first-order valence-corrected chi connectivity index (χ1v) is 8.66. The molecule has 1 aliphatic heterocycles. The predicted molar refractivity (Wildman–Crippen MR) is 82.2 cm³/mol. The summed E-state index contributed by atoms with van der Waals surface area (Å²) in [6, 6.07) is 5.02. The number of carbonyl (C=O) groups excluding carboxylic acids is 1. The number of fused-ring (bicyclic) bond motifs is 1. The quantitative estimate of drug-likeness (QED) is 0.920. The Balaban J connectivity index is 2.26. The summed E-state index contributed by atoms with van der Waals surface area (Å²) in [6.07, 6.45) is 1.58. The van der Waals surface area contributed by atoms with Gasteiger partial charge in [-0.15, -0.1) is 0 Å². The fourth-order valence-electron chi connectivity index (χ4n) is 2.20. The molecule has 0 unspecified atom stereocenters. The molecule has 0 bridgehead atoms. The molecule has 0 spiro atoms. The Morgan fingerprint density at radius 2 is 2.14 bits per heavy atom. The summed E-state index contributed by atoms with van der Waals surface area (Å²) in [6.45, 7) is 4.52. The first-order valence-electron chi connectivity index (χ1n) is 6.82. The maximum atomic E-state index is 11.8. The molecule has 1 amide bonds. The van der Waals surface area contributed by atoms with Crippen molar-refractivity contribution in [1.29, 1.82) is 0 Å². The number of hydrogen-bond acceptors (Lipinski definition) is 4. The Morgan fingerprint density at radius 1 is 1.43 bits per heavy atom. The van der Waals surface area contributed by atoms with Gasteiger partial charge >= 0.3 is 0 Å². The van der Waals surface area contributed by atoms with Crippen LogP contribution in [0.2, 0.25) is 0 Å². The topological polar surface area (TPSA) is 75.7 Å². The molecular formula is C14H20N2O4S. The molecule has 0 aromatic heterocycles. The number of carbonyl (C=O) groups is 1. The lowest BCUT2D eigenvalue weighted by atomic mass is 10.1. The van der Waals surface area contributed by atoms with Gasteiger partial charge in [0.05, 0.1) is 18.5 Å². The molecule has 116 valence electrons. The van der Waals surface area contributed by atoms with Crippen molar-refractivity contribution in [3.05, 3.63) is 18.2 Å². The van der Waals surface area contributed by atoms with Crippen molar-refractivity contribution in [2.45, 2.75) is 20.3 Å². The van der Waals surface area contributed by atoms with Gasteiger partial charge in [-0.25, -0.2) is 8.42 Å². The zero-order chi connectivity index (χ0) is 15.6. The number of ether oxygens (including phenoxy) is 1. The second-order valence-corrected chi connectivity index (χ2v) is 7.42. The van der Waals surface area contributed by atoms with Crippen LogP contribution >= 0.6 is 0 Å². The van der Waals surface area contributed by atoms with Crippen molar-refractivity contribution in [3.8, 4) is 5.75 Å². The third-order valence-electron chi connectivity index (χ3n) is 3.06. The lowest BCUT2D eigenvalue weighted by molar-refractivity contribution is -0.116. The first kappa shape index (κ1) is 15.6. The Morgan fingerprint density at radius 3 is 2.76 bits per heavy atom. The second kappa shape index (κ2) is 5.93. The minimum absolute atomic E-state index is 0.0902. The number of rotatable bonds is 4. The molecule has 1 N–H and O–H groups in total. The van der Waals surface area contributed by atoms with Gasteiger partial charge in [-0.2, -0.15) is 0 Å². The monoisotopic (exact) mass is 312 g/mol. The molecule has 0 aliphatic carbocycles. The largest absolute Gasteiger partial charge is 0.489 e. The lowest BCUT2D eigenvalue weighted by Gasteiger charge is -2.29. The van der Waals surface area contributed by atoms with Crippen LogP contribution in [0.3, 0.4) is 0 Å². The van der Waals surface area contributed by atoms with Gasteiger partial charge in [0.2, 0.25) is 15.9 Å². The first-order chi connectivity index (χ1) is 9.77. The molecule has 0 saturated heterocycles. The van der Waals surface area contributed by atoms with Crippen LogP contribution in [0.25, 0.3) is 0 Å². The maximum Gasteiger partial charge on any atom is 0.232 e. The van der Waals surface area contributed by atoms with E-state index in [0.29, 0.717) is 30.2 Å². The van der Waals surface area contributed by atoms with Crippen molar-refractivity contribution in [2.75, 3.05) is 29.0 Å². The highest BCUT2D eigenvalue weighted by Gasteiger charge is 2.25. The minimum atomic E-state index is -3.36. The fraction of sp³-hybridized carbons (Fsp3) is 0.500. The van der Waals surface area contributed by atoms with Crippen LogP contribution in [0.1, 0.15) is 20.3 Å². The highest BCUT2D eigenvalue weighted by atomic mass is 32.2. The smallest absolute Gasteiger partial charge is 0.232 e. The standard InChI is InChI=1S/C14H20N2O4S/c1-10(2)8-14(17)15-11-4-5-13-12(9-11)16(6-7-20-13)21(3,18)19/h4-5,9-10H,6-8H2,1-3H3,(H,15,17). The summed E-state index contributed by atoms with van der Waals surface area (Å²) in [5.41, 5.74) is 1.03. The molecule has 0 saturated carbocycles. The van der Waals surface area contributed by atoms with E-state index in [1.165, 1.54) is 4.31 Å². The summed E-state index contributed by atoms with van der Waals surface area (Å²) in [5.74, 6) is 0.680. The highest BCUT2D eigenvalue weighted by Crippen LogP contribution is 2.35. The summed E-state index contributed by atoms with van der Waals surface area (Å²) in [5, 5.41) is 2.78. The lowest BCUT2D eigenvalue weighted by Crippen LogP contribution is -2.37. The van der Waals surface area contributed by atoms with E-state index in [2.05, 4.69) is 5.32 Å². The van der Waals surface area contributed by atoms with Gasteiger partial charge in [-0.3, -0.25) is 9.10 Å². The Bertz CT molecular complexity index is 640. The van der Waals surface area contributed by atoms with Gasteiger partial charge in [0, 0.05) is 12.1 Å². The van der Waals surface area contributed by atoms with Crippen molar-refractivity contribution in [2.24, 2.45) is 5.92 Å². The van der Waals surface area contributed by atoms with E-state index in [9.17, 15) is 13.2 Å². The SMILES string of the molecule is CC(C)CC(=O)Nc1ccc2c(c1)N(S(C)(=O)=O)CCO2. The third kappa shape index (κ3) is 3.87. The summed E-state index contributed by atoms with van der Waals surface area (Å²) < 4.78 is 30.4. The number of hydrogen-bond donors (Lipinski definition) is 1. The van der Waals surface area contributed by atoms with Gasteiger partial charge in [0.25, 0.3) is 0 Å². The highest BCUT2D eigenvalue weighted by molar-refractivity contribution is 7.92. The normalized spacial score (nSPS) is 14.6. The van der Waals surface area contributed by atoms with Gasteiger partial charge in [-0.05, 0) is 24.1 Å². The van der Waals surface area contributed by atoms with Crippen LogP contribution in [0, 0.1) is 5.92 Å². The summed E-state index contributed by atoms with van der Waals surface area (Å²) in [7, 11) is -3.36. The average Bonchev–Trinajstić information content (AvgIpc) is 2.35. The van der Waals surface area contributed by atoms with E-state index in [1.54, 1.807) is 18.2 Å². The van der Waals surface area contributed by atoms with Crippen LogP contribution in [-0.2, 0) is 14.8 Å². The van der Waals surface area contributed by atoms with Crippen molar-refractivity contribution >= 4 is 27.3 Å². The van der Waals surface area contributed by atoms with E-state index < -0.39 is 10.0 Å². The van der Waals surface area contributed by atoms with E-state index >= 15 is 0 Å². The molecular weight excluding hydrogens is 292 g/mol. The van der Waals surface area contributed by atoms with Gasteiger partial charge in [-0.1, -0.05) is 13.8 Å². The van der Waals surface area contributed by atoms with Crippen molar-refractivity contribution in [3.63, 3.8) is 0 Å². The molecule has 2 rings (SSSR count). The van der Waals surface area contributed by atoms with Crippen molar-refractivity contribution in [1.82, 2.24) is 0 Å². The number of benzene rings is 1. The van der Waals surface area contributed by atoms with Gasteiger partial charge in [0.15, 0.2) is 0 Å². The number of anilines is 2. The van der Waals surface area contributed by atoms with Crippen LogP contribution in [-0.4, -0.2) is 33.7 Å². The molecule has 1 aromatic carbocycles. The fourth-order valence-corrected chi connectivity index (χ4v) is 3.10. The molecule has 0 radical (unpaired) electrons. The number of nitrogens with zero attached hydrogens (tertiary/aromatic N) is 1. The summed E-state index contributed by atoms with van der Waals surface area (Å²) in [4.78, 5) is 11.8. The molecule has 1 aromatic rings. The molecule has 21 heavy (non-hydrogen) atoms. The van der Waals surface area contributed by atoms with E-state index in [-0.39, 0.29) is 18.4 Å². The van der Waals surface area contributed by atoms with Crippen molar-refractivity contribution < 1.29 is 17.9 Å². The number of amides is 1. The van der Waals surface area contributed by atoms with E-state index in [4.69, 9.17) is 4.74 Å². The Hall–Kier alpha value is -1.76. The number of nitrogens with one attached hydrogen (secondary N) is 1. The van der Waals surface area contributed by atoms with E-state index in [0.717, 1.165) is 6.26 Å². The molecule has 7 heteroatoms. The molecule has 1 heterocycles. The average molecular weight is 312 g/mol. The second-order valence-electron chi connectivity index (χ2n) is 5.51. The van der Waals surface area contributed by atoms with Crippen LogP contribution in [0.15, 0.2) is 18.2 Å². The Kier molecular flexibility index (Phi) is 4.41.